The molecule has 10 N–H and O–H groups in total. The highest BCUT2D eigenvalue weighted by Gasteiger charge is 2.14. The van der Waals surface area contributed by atoms with Crippen molar-refractivity contribution in [2.24, 2.45) is 22.9 Å². The number of rotatable bonds is 4. The molecular weight excluding hydrogens is 204 g/mol. The van der Waals surface area contributed by atoms with Crippen LogP contribution >= 0.6 is 0 Å². The van der Waals surface area contributed by atoms with E-state index in [2.05, 4.69) is 0 Å². The summed E-state index contributed by atoms with van der Waals surface area (Å²) in [5.74, 6) is -2.11. The Morgan fingerprint density at radius 1 is 1.13 bits per heavy atom. The molecule has 0 aliphatic rings. The first-order valence-electron chi connectivity index (χ1n) is 4.16. The zero-order valence-corrected chi connectivity index (χ0v) is 8.46. The van der Waals surface area contributed by atoms with E-state index in [0.717, 1.165) is 0 Å². The van der Waals surface area contributed by atoms with Crippen LogP contribution in [0.5, 0.6) is 0 Å². The molecule has 0 aliphatic heterocycles. The normalized spacial score (nSPS) is 15.5. The largest absolute Gasteiger partial charge is 0.480 e. The summed E-state index contributed by atoms with van der Waals surface area (Å²) in [6.07, 6.45) is 0. The molecule has 8 heteroatoms. The first kappa shape index (κ1) is 16.2. The van der Waals surface area contributed by atoms with Gasteiger partial charge in [0.1, 0.15) is 12.1 Å². The summed E-state index contributed by atoms with van der Waals surface area (Å²) >= 11 is 0. The molecule has 0 saturated heterocycles. The standard InChI is InChI=1S/C4H10N2O2.C3H8N2O2/c1-2(5)3(6)4(7)8;4-1-2(5)3(6)7/h2-3H,5-6H2,1H3,(H,7,8);2H,1,4-5H2,(H,6,7). The molecule has 15 heavy (non-hydrogen) atoms. The van der Waals surface area contributed by atoms with Gasteiger partial charge in [-0.2, -0.15) is 0 Å². The lowest BCUT2D eigenvalue weighted by Gasteiger charge is -2.08. The Labute approximate surface area is 87.2 Å². The minimum absolute atomic E-state index is 0.00463. The van der Waals surface area contributed by atoms with E-state index in [9.17, 15) is 9.59 Å². The molecule has 3 atom stereocenters. The van der Waals surface area contributed by atoms with Crippen LogP contribution in [0, 0.1) is 0 Å². The molecule has 0 amide bonds. The van der Waals surface area contributed by atoms with E-state index in [1.807, 2.05) is 0 Å². The Hall–Kier alpha value is -1.22. The van der Waals surface area contributed by atoms with Gasteiger partial charge in [-0.1, -0.05) is 0 Å². The molecule has 0 rings (SSSR count). The smallest absolute Gasteiger partial charge is 0.322 e. The van der Waals surface area contributed by atoms with E-state index >= 15 is 0 Å². The number of aliphatic carboxylic acids is 2. The molecule has 0 aliphatic carbocycles. The second kappa shape index (κ2) is 8.12. The fraction of sp³-hybridized carbons (Fsp3) is 0.714. The Morgan fingerprint density at radius 3 is 1.53 bits per heavy atom. The van der Waals surface area contributed by atoms with Crippen LogP contribution in [0.2, 0.25) is 0 Å². The number of carbonyl (C=O) groups is 2. The average molecular weight is 222 g/mol. The van der Waals surface area contributed by atoms with E-state index in [1.54, 1.807) is 6.92 Å². The van der Waals surface area contributed by atoms with Gasteiger partial charge in [0.2, 0.25) is 0 Å². The molecule has 0 aromatic rings. The van der Waals surface area contributed by atoms with Gasteiger partial charge in [0, 0.05) is 12.6 Å². The van der Waals surface area contributed by atoms with Gasteiger partial charge in [-0.05, 0) is 6.92 Å². The Balaban J connectivity index is 0. The molecule has 0 spiro atoms. The van der Waals surface area contributed by atoms with Gasteiger partial charge in [0.05, 0.1) is 0 Å². The number of nitrogens with two attached hydrogens (primary N) is 4. The van der Waals surface area contributed by atoms with Crippen LogP contribution in [0.1, 0.15) is 6.92 Å². The SMILES string of the molecule is CC(N)C(N)C(=O)O.NCC(N)C(=O)O. The number of carboxylic acids is 2. The topological polar surface area (TPSA) is 179 Å². The number of hydrogen-bond donors (Lipinski definition) is 6. The average Bonchev–Trinajstić information content (AvgIpc) is 2.15. The van der Waals surface area contributed by atoms with Crippen molar-refractivity contribution in [2.45, 2.75) is 25.0 Å². The molecule has 0 aromatic carbocycles. The highest BCUT2D eigenvalue weighted by Crippen LogP contribution is 1.82. The van der Waals surface area contributed by atoms with Crippen LogP contribution in [0.3, 0.4) is 0 Å². The maximum Gasteiger partial charge on any atom is 0.322 e. The van der Waals surface area contributed by atoms with E-state index < -0.39 is 30.1 Å². The third kappa shape index (κ3) is 9.09. The van der Waals surface area contributed by atoms with Gasteiger partial charge < -0.3 is 33.1 Å². The lowest BCUT2D eigenvalue weighted by molar-refractivity contribution is -0.139. The molecule has 3 unspecified atom stereocenters. The highest BCUT2D eigenvalue weighted by atomic mass is 16.4. The van der Waals surface area contributed by atoms with Crippen LogP contribution in [-0.4, -0.2) is 46.8 Å². The van der Waals surface area contributed by atoms with E-state index in [0.29, 0.717) is 0 Å². The Morgan fingerprint density at radius 2 is 1.53 bits per heavy atom. The quantitative estimate of drug-likeness (QED) is 0.293. The van der Waals surface area contributed by atoms with Crippen LogP contribution < -0.4 is 22.9 Å². The molecule has 0 radical (unpaired) electrons. The van der Waals surface area contributed by atoms with Gasteiger partial charge in [-0.3, -0.25) is 9.59 Å². The second-order valence-electron chi connectivity index (χ2n) is 2.90. The van der Waals surface area contributed by atoms with Crippen LogP contribution in [0.4, 0.5) is 0 Å². The van der Waals surface area contributed by atoms with Crippen molar-refractivity contribution >= 4 is 11.9 Å². The molecule has 0 saturated carbocycles. The van der Waals surface area contributed by atoms with Crippen molar-refractivity contribution in [3.05, 3.63) is 0 Å². The fourth-order valence-electron chi connectivity index (χ4n) is 0.326. The van der Waals surface area contributed by atoms with Gasteiger partial charge in [-0.25, -0.2) is 0 Å². The highest BCUT2D eigenvalue weighted by molar-refractivity contribution is 5.74. The van der Waals surface area contributed by atoms with Crippen LogP contribution in [0.15, 0.2) is 0 Å². The molecule has 0 bridgehead atoms. The summed E-state index contributed by atoms with van der Waals surface area (Å²) in [6.45, 7) is 1.55. The van der Waals surface area contributed by atoms with Crippen molar-refractivity contribution in [1.82, 2.24) is 0 Å². The van der Waals surface area contributed by atoms with Crippen molar-refractivity contribution in [3.63, 3.8) is 0 Å². The number of hydrogen-bond acceptors (Lipinski definition) is 6. The molecular formula is C7H18N4O4. The first-order chi connectivity index (χ1) is 6.73. The van der Waals surface area contributed by atoms with E-state index in [1.165, 1.54) is 0 Å². The number of carboxylic acid groups (broad SMARTS) is 2. The summed E-state index contributed by atoms with van der Waals surface area (Å²) in [5.41, 5.74) is 19.9. The zero-order valence-electron chi connectivity index (χ0n) is 8.46. The molecule has 8 nitrogen and oxygen atoms in total. The van der Waals surface area contributed by atoms with Gasteiger partial charge in [0.25, 0.3) is 0 Å². The van der Waals surface area contributed by atoms with Crippen molar-refractivity contribution in [1.29, 1.82) is 0 Å². The maximum atomic E-state index is 9.94. The molecule has 0 aromatic heterocycles. The monoisotopic (exact) mass is 222 g/mol. The van der Waals surface area contributed by atoms with E-state index in [4.69, 9.17) is 33.1 Å². The lowest BCUT2D eigenvalue weighted by atomic mass is 10.2. The fourth-order valence-corrected chi connectivity index (χ4v) is 0.326. The summed E-state index contributed by atoms with van der Waals surface area (Å²) < 4.78 is 0. The maximum absolute atomic E-state index is 9.94. The molecule has 90 valence electrons. The Bertz CT molecular complexity index is 209. The van der Waals surface area contributed by atoms with Crippen LogP contribution in [-0.2, 0) is 9.59 Å². The third-order valence-corrected chi connectivity index (χ3v) is 1.42. The third-order valence-electron chi connectivity index (χ3n) is 1.42. The van der Waals surface area contributed by atoms with Gasteiger partial charge >= 0.3 is 11.9 Å². The lowest BCUT2D eigenvalue weighted by Crippen LogP contribution is -2.44. The minimum atomic E-state index is -1.06. The van der Waals surface area contributed by atoms with Crippen molar-refractivity contribution in [2.75, 3.05) is 6.54 Å². The summed E-state index contributed by atoms with van der Waals surface area (Å²) in [5, 5.41) is 16.1. The van der Waals surface area contributed by atoms with Crippen molar-refractivity contribution < 1.29 is 19.8 Å². The minimum Gasteiger partial charge on any atom is -0.480 e. The molecule has 0 heterocycles. The summed E-state index contributed by atoms with van der Waals surface area (Å²) in [4.78, 5) is 19.7. The first-order valence-corrected chi connectivity index (χ1v) is 4.16. The summed E-state index contributed by atoms with van der Waals surface area (Å²) in [6, 6.07) is -2.32. The Kier molecular flexibility index (Phi) is 8.78. The predicted octanol–water partition coefficient (Wildman–Crippen LogP) is -2.90. The van der Waals surface area contributed by atoms with Gasteiger partial charge in [0.15, 0.2) is 0 Å². The van der Waals surface area contributed by atoms with E-state index in [-0.39, 0.29) is 6.54 Å². The van der Waals surface area contributed by atoms with Gasteiger partial charge in [-0.15, -0.1) is 0 Å². The zero-order chi connectivity index (χ0) is 12.6. The molecule has 0 fully saturated rings. The second-order valence-corrected chi connectivity index (χ2v) is 2.90. The van der Waals surface area contributed by atoms with Crippen molar-refractivity contribution in [3.8, 4) is 0 Å². The van der Waals surface area contributed by atoms with Crippen LogP contribution in [0.25, 0.3) is 0 Å². The predicted molar refractivity (Wildman–Crippen MR) is 53.9 cm³/mol. The summed E-state index contributed by atoms with van der Waals surface area (Å²) in [7, 11) is 0.